The van der Waals surface area contributed by atoms with E-state index in [0.29, 0.717) is 18.8 Å². The highest BCUT2D eigenvalue weighted by Gasteiger charge is 2.11. The van der Waals surface area contributed by atoms with Gasteiger partial charge in [-0.15, -0.1) is 0 Å². The van der Waals surface area contributed by atoms with Gasteiger partial charge in [0.05, 0.1) is 0 Å². The Hall–Kier alpha value is -2.76. The van der Waals surface area contributed by atoms with Gasteiger partial charge in [0.25, 0.3) is 0 Å². The number of amides is 2. The summed E-state index contributed by atoms with van der Waals surface area (Å²) < 4.78 is 0. The molecule has 0 aliphatic rings. The first-order valence-electron chi connectivity index (χ1n) is 8.29. The molecule has 6 nitrogen and oxygen atoms in total. The quantitative estimate of drug-likeness (QED) is 0.791. The van der Waals surface area contributed by atoms with Crippen LogP contribution in [0, 0.1) is 27.7 Å². The average molecular weight is 340 g/mol. The van der Waals surface area contributed by atoms with Gasteiger partial charge in [0.2, 0.25) is 11.8 Å². The molecule has 0 fully saturated rings. The molecule has 0 aliphatic heterocycles. The third-order valence-electron chi connectivity index (χ3n) is 3.90. The molecule has 2 rings (SSSR count). The van der Waals surface area contributed by atoms with E-state index in [-0.39, 0.29) is 18.2 Å². The number of nitrogens with one attached hydrogen (secondary N) is 2. The highest BCUT2D eigenvalue weighted by molar-refractivity contribution is 6.03. The lowest BCUT2D eigenvalue weighted by Gasteiger charge is -2.10. The molecule has 2 aromatic rings. The van der Waals surface area contributed by atoms with Gasteiger partial charge in [-0.2, -0.15) is 0 Å². The van der Waals surface area contributed by atoms with Crippen molar-refractivity contribution < 1.29 is 9.59 Å². The van der Waals surface area contributed by atoms with E-state index in [9.17, 15) is 9.59 Å². The molecular formula is C19H24N4O2. The van der Waals surface area contributed by atoms with Crippen LogP contribution < -0.4 is 10.6 Å². The van der Waals surface area contributed by atoms with Gasteiger partial charge >= 0.3 is 0 Å². The molecule has 25 heavy (non-hydrogen) atoms. The van der Waals surface area contributed by atoms with E-state index in [2.05, 4.69) is 20.6 Å². The summed E-state index contributed by atoms with van der Waals surface area (Å²) in [5.41, 5.74) is 4.64. The maximum absolute atomic E-state index is 12.0. The zero-order valence-electron chi connectivity index (χ0n) is 15.1. The van der Waals surface area contributed by atoms with Gasteiger partial charge in [-0.05, 0) is 51.0 Å². The van der Waals surface area contributed by atoms with Crippen molar-refractivity contribution in [2.24, 2.45) is 0 Å². The third-order valence-corrected chi connectivity index (χ3v) is 3.90. The second-order valence-corrected chi connectivity index (χ2v) is 6.14. The molecule has 1 aromatic carbocycles. The normalized spacial score (nSPS) is 10.4. The van der Waals surface area contributed by atoms with Crippen molar-refractivity contribution in [1.82, 2.24) is 15.3 Å². The molecular weight excluding hydrogens is 316 g/mol. The van der Waals surface area contributed by atoms with Gasteiger partial charge in [0.1, 0.15) is 12.2 Å². The monoisotopic (exact) mass is 340 g/mol. The molecule has 1 aromatic heterocycles. The lowest BCUT2D eigenvalue weighted by Crippen LogP contribution is -2.30. The highest BCUT2D eigenvalue weighted by atomic mass is 16.2. The predicted molar refractivity (Wildman–Crippen MR) is 97.4 cm³/mol. The average Bonchev–Trinajstić information content (AvgIpc) is 2.51. The van der Waals surface area contributed by atoms with Crippen molar-refractivity contribution in [3.63, 3.8) is 0 Å². The molecule has 0 spiro atoms. The summed E-state index contributed by atoms with van der Waals surface area (Å²) in [5, 5.41) is 5.51. The molecule has 6 heteroatoms. The van der Waals surface area contributed by atoms with Crippen LogP contribution in [-0.2, 0) is 16.0 Å². The van der Waals surface area contributed by atoms with Gasteiger partial charge in [0.15, 0.2) is 0 Å². The van der Waals surface area contributed by atoms with Crippen molar-refractivity contribution in [2.75, 3.05) is 11.9 Å². The molecule has 0 bridgehead atoms. The van der Waals surface area contributed by atoms with E-state index in [1.54, 1.807) is 0 Å². The molecule has 2 amide bonds. The smallest absolute Gasteiger partial charge is 0.233 e. The van der Waals surface area contributed by atoms with Crippen molar-refractivity contribution in [3.8, 4) is 0 Å². The summed E-state index contributed by atoms with van der Waals surface area (Å²) >= 11 is 0. The topological polar surface area (TPSA) is 84.0 Å². The lowest BCUT2D eigenvalue weighted by molar-refractivity contribution is -0.126. The fraction of sp³-hybridized carbons (Fsp3) is 0.368. The molecule has 132 valence electrons. The summed E-state index contributed by atoms with van der Waals surface area (Å²) in [6, 6.07) is 7.59. The van der Waals surface area contributed by atoms with Crippen LogP contribution >= 0.6 is 0 Å². The molecule has 2 N–H and O–H groups in total. The minimum absolute atomic E-state index is 0.207. The Labute approximate surface area is 148 Å². The van der Waals surface area contributed by atoms with Crippen LogP contribution in [0.25, 0.3) is 0 Å². The zero-order chi connectivity index (χ0) is 18.4. The van der Waals surface area contributed by atoms with Crippen LogP contribution in [-0.4, -0.2) is 28.3 Å². The van der Waals surface area contributed by atoms with E-state index in [0.717, 1.165) is 28.2 Å². The van der Waals surface area contributed by atoms with Gasteiger partial charge in [-0.3, -0.25) is 9.59 Å². The van der Waals surface area contributed by atoms with Gasteiger partial charge in [-0.25, -0.2) is 9.97 Å². The summed E-state index contributed by atoms with van der Waals surface area (Å²) in [4.78, 5) is 32.6. The second kappa shape index (κ2) is 8.37. The van der Waals surface area contributed by atoms with E-state index >= 15 is 0 Å². The van der Waals surface area contributed by atoms with Crippen LogP contribution in [0.2, 0.25) is 0 Å². The van der Waals surface area contributed by atoms with Gasteiger partial charge in [-0.1, -0.05) is 12.1 Å². The number of carbonyl (C=O) groups excluding carboxylic acids is 2. The number of anilines is 1. The molecule has 0 aliphatic carbocycles. The Morgan fingerprint density at radius 1 is 1.00 bits per heavy atom. The van der Waals surface area contributed by atoms with E-state index in [4.69, 9.17) is 0 Å². The number of nitrogens with zero attached hydrogens (tertiary/aromatic N) is 2. The second-order valence-electron chi connectivity index (χ2n) is 6.14. The number of benzene rings is 1. The fourth-order valence-corrected chi connectivity index (χ4v) is 2.51. The largest absolute Gasteiger partial charge is 0.355 e. The standard InChI is InChI=1S/C19H24N4O2/c1-12-6-5-7-16(15(12)4)23-19(25)11-18(24)20-9-8-17-21-13(2)10-14(3)22-17/h5-7,10H,8-9,11H2,1-4H3,(H,20,24)(H,23,25). The molecule has 0 saturated heterocycles. The van der Waals surface area contributed by atoms with Gasteiger partial charge < -0.3 is 10.6 Å². The van der Waals surface area contributed by atoms with Crippen molar-refractivity contribution in [1.29, 1.82) is 0 Å². The van der Waals surface area contributed by atoms with Crippen LogP contribution in [0.4, 0.5) is 5.69 Å². The molecule has 1 heterocycles. The summed E-state index contributed by atoms with van der Waals surface area (Å²) in [5.74, 6) is 0.0543. The van der Waals surface area contributed by atoms with E-state index in [1.165, 1.54) is 0 Å². The molecule has 0 unspecified atom stereocenters. The van der Waals surface area contributed by atoms with Crippen molar-refractivity contribution in [2.45, 2.75) is 40.5 Å². The Morgan fingerprint density at radius 2 is 1.68 bits per heavy atom. The van der Waals surface area contributed by atoms with Crippen LogP contribution in [0.1, 0.15) is 34.8 Å². The van der Waals surface area contributed by atoms with E-state index in [1.807, 2.05) is 52.0 Å². The minimum atomic E-state index is -0.325. The van der Waals surface area contributed by atoms with Crippen molar-refractivity contribution >= 4 is 17.5 Å². The Kier molecular flexibility index (Phi) is 6.22. The number of aromatic nitrogens is 2. The number of hydrogen-bond acceptors (Lipinski definition) is 4. The molecule has 0 saturated carbocycles. The third kappa shape index (κ3) is 5.67. The SMILES string of the molecule is Cc1cc(C)nc(CCNC(=O)CC(=O)Nc2cccc(C)c2C)n1. The Morgan fingerprint density at radius 3 is 2.36 bits per heavy atom. The maximum atomic E-state index is 12.0. The van der Waals surface area contributed by atoms with Crippen LogP contribution in [0.5, 0.6) is 0 Å². The first-order valence-corrected chi connectivity index (χ1v) is 8.29. The Bertz CT molecular complexity index is 767. The minimum Gasteiger partial charge on any atom is -0.355 e. The van der Waals surface area contributed by atoms with Crippen molar-refractivity contribution in [3.05, 3.63) is 52.6 Å². The molecule has 0 atom stereocenters. The molecule has 0 radical (unpaired) electrons. The highest BCUT2D eigenvalue weighted by Crippen LogP contribution is 2.17. The number of rotatable bonds is 6. The summed E-state index contributed by atoms with van der Waals surface area (Å²) in [6.45, 7) is 8.14. The number of carbonyl (C=O) groups is 2. The number of aryl methyl sites for hydroxylation is 3. The lowest BCUT2D eigenvalue weighted by atomic mass is 10.1. The first kappa shape index (κ1) is 18.6. The van der Waals surface area contributed by atoms with Crippen LogP contribution in [0.3, 0.4) is 0 Å². The fourth-order valence-electron chi connectivity index (χ4n) is 2.51. The van der Waals surface area contributed by atoms with Crippen LogP contribution in [0.15, 0.2) is 24.3 Å². The van der Waals surface area contributed by atoms with E-state index < -0.39 is 0 Å². The predicted octanol–water partition coefficient (Wildman–Crippen LogP) is 2.40. The first-order chi connectivity index (χ1) is 11.8. The van der Waals surface area contributed by atoms with Gasteiger partial charge in [0, 0.05) is 30.0 Å². The Balaban J connectivity index is 1.79. The maximum Gasteiger partial charge on any atom is 0.233 e. The number of hydrogen-bond donors (Lipinski definition) is 2. The summed E-state index contributed by atoms with van der Waals surface area (Å²) in [6.07, 6.45) is 0.327. The zero-order valence-corrected chi connectivity index (χ0v) is 15.1. The summed E-state index contributed by atoms with van der Waals surface area (Å²) in [7, 11) is 0.